The van der Waals surface area contributed by atoms with Crippen LogP contribution in [0.15, 0.2) is 44.6 Å². The number of aromatic nitrogens is 3. The Hall–Kier alpha value is -3.82. The van der Waals surface area contributed by atoms with E-state index in [-0.39, 0.29) is 30.2 Å². The van der Waals surface area contributed by atoms with E-state index in [2.05, 4.69) is 15.5 Å². The van der Waals surface area contributed by atoms with Gasteiger partial charge in [-0.3, -0.25) is 19.5 Å². The van der Waals surface area contributed by atoms with Crippen molar-refractivity contribution in [1.82, 2.24) is 14.7 Å². The summed E-state index contributed by atoms with van der Waals surface area (Å²) in [6.07, 6.45) is 1.08. The highest BCUT2D eigenvalue weighted by molar-refractivity contribution is 6.03. The van der Waals surface area contributed by atoms with E-state index in [9.17, 15) is 14.4 Å². The molecule has 2 aromatic heterocycles. The van der Waals surface area contributed by atoms with Crippen LogP contribution in [0.2, 0.25) is 0 Å². The van der Waals surface area contributed by atoms with E-state index in [1.165, 1.54) is 0 Å². The van der Waals surface area contributed by atoms with Crippen molar-refractivity contribution in [2.24, 2.45) is 0 Å². The van der Waals surface area contributed by atoms with Crippen LogP contribution in [0.1, 0.15) is 42.4 Å². The molecule has 1 amide bonds. The van der Waals surface area contributed by atoms with Crippen LogP contribution < -0.4 is 26.0 Å². The molecule has 1 aliphatic rings. The number of nitrogens with zero attached hydrogens (tertiary/aromatic N) is 2. The molecule has 0 unspecified atom stereocenters. The minimum atomic E-state index is -0.732. The predicted molar refractivity (Wildman–Crippen MR) is 106 cm³/mol. The van der Waals surface area contributed by atoms with Crippen molar-refractivity contribution >= 4 is 11.8 Å². The molecule has 0 aliphatic carbocycles. The fourth-order valence-corrected chi connectivity index (χ4v) is 2.91. The molecule has 4 rings (SSSR count). The van der Waals surface area contributed by atoms with Gasteiger partial charge in [-0.05, 0) is 17.7 Å². The fraction of sp³-hybridized carbons (Fsp3) is 0.300. The third-order valence-corrected chi connectivity index (χ3v) is 4.60. The minimum Gasteiger partial charge on any atom is -0.454 e. The summed E-state index contributed by atoms with van der Waals surface area (Å²) < 4.78 is 16.6. The molecule has 0 atom stereocenters. The predicted octanol–water partition coefficient (Wildman–Crippen LogP) is 1.85. The van der Waals surface area contributed by atoms with Crippen molar-refractivity contribution in [2.45, 2.75) is 32.7 Å². The first kappa shape index (κ1) is 19.5. The Morgan fingerprint density at radius 3 is 2.70 bits per heavy atom. The lowest BCUT2D eigenvalue weighted by atomic mass is 9.92. The van der Waals surface area contributed by atoms with Crippen molar-refractivity contribution in [2.75, 3.05) is 12.1 Å². The Balaban J connectivity index is 1.59. The molecule has 3 heterocycles. The van der Waals surface area contributed by atoms with E-state index in [1.807, 2.05) is 20.8 Å². The summed E-state index contributed by atoms with van der Waals surface area (Å²) >= 11 is 0. The quantitative estimate of drug-likeness (QED) is 0.669. The second kappa shape index (κ2) is 7.21. The van der Waals surface area contributed by atoms with E-state index in [4.69, 9.17) is 14.0 Å². The van der Waals surface area contributed by atoms with E-state index in [0.717, 1.165) is 10.8 Å². The van der Waals surface area contributed by atoms with Crippen LogP contribution in [0.25, 0.3) is 0 Å². The van der Waals surface area contributed by atoms with Gasteiger partial charge in [0.25, 0.3) is 11.5 Å². The molecule has 10 heteroatoms. The van der Waals surface area contributed by atoms with Gasteiger partial charge in [-0.25, -0.2) is 4.79 Å². The Labute approximate surface area is 170 Å². The molecule has 1 aromatic carbocycles. The van der Waals surface area contributed by atoms with Crippen LogP contribution in [-0.4, -0.2) is 27.4 Å². The van der Waals surface area contributed by atoms with Gasteiger partial charge in [-0.1, -0.05) is 32.0 Å². The van der Waals surface area contributed by atoms with Crippen molar-refractivity contribution in [3.63, 3.8) is 0 Å². The van der Waals surface area contributed by atoms with Crippen LogP contribution >= 0.6 is 0 Å². The topological polar surface area (TPSA) is 128 Å². The van der Waals surface area contributed by atoms with E-state index < -0.39 is 17.2 Å². The molecule has 0 fully saturated rings. The summed E-state index contributed by atoms with van der Waals surface area (Å²) in [6.45, 7) is 5.93. The highest BCUT2D eigenvalue weighted by Crippen LogP contribution is 2.32. The molecule has 3 aromatic rings. The van der Waals surface area contributed by atoms with E-state index in [0.29, 0.717) is 22.8 Å². The zero-order chi connectivity index (χ0) is 21.5. The third kappa shape index (κ3) is 3.71. The number of ether oxygens (including phenoxy) is 2. The molecular formula is C20H20N4O6. The number of H-pyrrole nitrogens is 1. The van der Waals surface area contributed by atoms with Crippen LogP contribution in [0, 0.1) is 0 Å². The lowest BCUT2D eigenvalue weighted by molar-refractivity contribution is 0.102. The number of carbonyl (C=O) groups is 1. The monoisotopic (exact) mass is 412 g/mol. The van der Waals surface area contributed by atoms with Crippen molar-refractivity contribution in [1.29, 1.82) is 0 Å². The largest absolute Gasteiger partial charge is 0.454 e. The number of anilines is 1. The Bertz CT molecular complexity index is 1230. The van der Waals surface area contributed by atoms with Gasteiger partial charge in [0, 0.05) is 17.7 Å². The standard InChI is InChI=1S/C20H20N4O6/c1-20(2,3)15-7-16(30-23-15)22-17(25)12-8-21-19(27)24(18(12)26)9-11-4-5-13-14(6-11)29-10-28-13/h4-8H,9-10H2,1-3H3,(H,21,27)(H,22,25). The Morgan fingerprint density at radius 1 is 1.20 bits per heavy atom. The number of aromatic amines is 1. The fourth-order valence-electron chi connectivity index (χ4n) is 2.91. The van der Waals surface area contributed by atoms with Gasteiger partial charge in [0.05, 0.1) is 12.2 Å². The summed E-state index contributed by atoms with van der Waals surface area (Å²) in [6, 6.07) is 6.69. The second-order valence-electron chi connectivity index (χ2n) is 7.87. The molecule has 10 nitrogen and oxygen atoms in total. The molecule has 1 aliphatic heterocycles. The molecule has 0 bridgehead atoms. The maximum absolute atomic E-state index is 12.8. The van der Waals surface area contributed by atoms with E-state index >= 15 is 0 Å². The highest BCUT2D eigenvalue weighted by atomic mass is 16.7. The molecule has 0 spiro atoms. The highest BCUT2D eigenvalue weighted by Gasteiger charge is 2.22. The van der Waals surface area contributed by atoms with Gasteiger partial charge < -0.3 is 19.0 Å². The van der Waals surface area contributed by atoms with Gasteiger partial charge in [-0.15, -0.1) is 0 Å². The molecule has 156 valence electrons. The van der Waals surface area contributed by atoms with Crippen LogP contribution in [0.4, 0.5) is 5.88 Å². The first-order valence-electron chi connectivity index (χ1n) is 9.22. The number of amides is 1. The Morgan fingerprint density at radius 2 is 1.97 bits per heavy atom. The molecule has 0 saturated heterocycles. The molecule has 30 heavy (non-hydrogen) atoms. The third-order valence-electron chi connectivity index (χ3n) is 4.60. The number of benzene rings is 1. The Kier molecular flexibility index (Phi) is 4.69. The van der Waals surface area contributed by atoms with Gasteiger partial charge in [0.2, 0.25) is 12.7 Å². The summed E-state index contributed by atoms with van der Waals surface area (Å²) in [5.74, 6) is 0.519. The first-order chi connectivity index (χ1) is 14.2. The normalized spacial score (nSPS) is 12.8. The average molecular weight is 412 g/mol. The van der Waals surface area contributed by atoms with Crippen LogP contribution in [-0.2, 0) is 12.0 Å². The maximum atomic E-state index is 12.8. The number of fused-ring (bicyclic) bond motifs is 1. The zero-order valence-corrected chi connectivity index (χ0v) is 16.6. The summed E-state index contributed by atoms with van der Waals surface area (Å²) in [5.41, 5.74) is -0.562. The van der Waals surface area contributed by atoms with Crippen molar-refractivity contribution < 1.29 is 18.8 Å². The number of hydrogen-bond acceptors (Lipinski definition) is 7. The lowest BCUT2D eigenvalue weighted by Crippen LogP contribution is -2.39. The average Bonchev–Trinajstić information content (AvgIpc) is 3.33. The number of carbonyl (C=O) groups excluding carboxylic acids is 1. The summed E-state index contributed by atoms with van der Waals surface area (Å²) in [5, 5.41) is 6.42. The summed E-state index contributed by atoms with van der Waals surface area (Å²) in [4.78, 5) is 40.0. The first-order valence-corrected chi connectivity index (χ1v) is 9.22. The zero-order valence-electron chi connectivity index (χ0n) is 16.6. The van der Waals surface area contributed by atoms with Gasteiger partial charge >= 0.3 is 5.69 Å². The van der Waals surface area contributed by atoms with Gasteiger partial charge in [0.1, 0.15) is 5.56 Å². The molecule has 2 N–H and O–H groups in total. The molecular weight excluding hydrogens is 392 g/mol. The lowest BCUT2D eigenvalue weighted by Gasteiger charge is -2.12. The molecule has 0 saturated carbocycles. The number of nitrogens with one attached hydrogen (secondary N) is 2. The van der Waals surface area contributed by atoms with Crippen molar-refractivity contribution in [3.8, 4) is 11.5 Å². The van der Waals surface area contributed by atoms with E-state index in [1.54, 1.807) is 24.3 Å². The maximum Gasteiger partial charge on any atom is 0.328 e. The summed E-state index contributed by atoms with van der Waals surface area (Å²) in [7, 11) is 0. The van der Waals surface area contributed by atoms with Gasteiger partial charge in [0.15, 0.2) is 11.5 Å². The minimum absolute atomic E-state index is 0.0393. The van der Waals surface area contributed by atoms with Crippen molar-refractivity contribution in [3.05, 3.63) is 68.1 Å². The van der Waals surface area contributed by atoms with Gasteiger partial charge in [-0.2, -0.15) is 0 Å². The van der Waals surface area contributed by atoms with Crippen LogP contribution in [0.3, 0.4) is 0 Å². The second-order valence-corrected chi connectivity index (χ2v) is 7.87. The smallest absolute Gasteiger partial charge is 0.328 e. The number of hydrogen-bond donors (Lipinski definition) is 2. The van der Waals surface area contributed by atoms with Crippen LogP contribution in [0.5, 0.6) is 11.5 Å². The SMILES string of the molecule is CC(C)(C)c1cc(NC(=O)c2c[nH]c(=O)n(Cc3ccc4c(c3)OCO4)c2=O)on1. The number of rotatable bonds is 4. The molecule has 0 radical (unpaired) electrons.